The third kappa shape index (κ3) is 1.38. The number of benzene rings is 1. The van der Waals surface area contributed by atoms with Crippen molar-refractivity contribution < 1.29 is 0 Å². The standard InChI is InChI=1S/C10H12IN/c11-9-5-1-4-8-7(9)3-2-6-10(8)12/h1,4-5,10H,2-3,6,12H2/t10-/m1/s1. The van der Waals surface area contributed by atoms with E-state index in [4.69, 9.17) is 5.73 Å². The molecule has 0 spiro atoms. The first-order chi connectivity index (χ1) is 5.79. The maximum absolute atomic E-state index is 6.01. The van der Waals surface area contributed by atoms with Crippen LogP contribution < -0.4 is 5.73 Å². The average Bonchev–Trinajstić information content (AvgIpc) is 2.07. The van der Waals surface area contributed by atoms with Gasteiger partial charge in [-0.15, -0.1) is 0 Å². The summed E-state index contributed by atoms with van der Waals surface area (Å²) in [6, 6.07) is 6.72. The van der Waals surface area contributed by atoms with Crippen LogP contribution >= 0.6 is 22.6 Å². The van der Waals surface area contributed by atoms with Crippen LogP contribution in [0.15, 0.2) is 18.2 Å². The molecule has 1 aromatic carbocycles. The molecule has 64 valence electrons. The SMILES string of the molecule is N[C@@H]1CCCc2c(I)cccc21. The van der Waals surface area contributed by atoms with Gasteiger partial charge in [0.2, 0.25) is 0 Å². The Hall–Kier alpha value is -0.0900. The summed E-state index contributed by atoms with van der Waals surface area (Å²) in [5.41, 5.74) is 8.86. The Morgan fingerprint density at radius 1 is 1.42 bits per heavy atom. The van der Waals surface area contributed by atoms with Gasteiger partial charge in [0.25, 0.3) is 0 Å². The number of fused-ring (bicyclic) bond motifs is 1. The van der Waals surface area contributed by atoms with Crippen molar-refractivity contribution in [2.45, 2.75) is 25.3 Å². The minimum absolute atomic E-state index is 0.281. The first-order valence-corrected chi connectivity index (χ1v) is 5.40. The number of hydrogen-bond acceptors (Lipinski definition) is 1. The Balaban J connectivity index is 2.52. The molecule has 0 amide bonds. The van der Waals surface area contributed by atoms with Crippen molar-refractivity contribution in [2.75, 3.05) is 0 Å². The molecule has 2 heteroatoms. The molecule has 0 bridgehead atoms. The molecule has 0 fully saturated rings. The minimum Gasteiger partial charge on any atom is -0.324 e. The highest BCUT2D eigenvalue weighted by atomic mass is 127. The van der Waals surface area contributed by atoms with Crippen LogP contribution in [-0.4, -0.2) is 0 Å². The fourth-order valence-corrected chi connectivity index (χ4v) is 2.63. The van der Waals surface area contributed by atoms with Crippen LogP contribution in [0.5, 0.6) is 0 Å². The highest BCUT2D eigenvalue weighted by Crippen LogP contribution is 2.30. The van der Waals surface area contributed by atoms with E-state index >= 15 is 0 Å². The molecule has 12 heavy (non-hydrogen) atoms. The van der Waals surface area contributed by atoms with Gasteiger partial charge in [-0.3, -0.25) is 0 Å². The van der Waals surface area contributed by atoms with Crippen molar-refractivity contribution in [1.29, 1.82) is 0 Å². The van der Waals surface area contributed by atoms with Crippen LogP contribution in [0, 0.1) is 3.57 Å². The van der Waals surface area contributed by atoms with Gasteiger partial charge in [0, 0.05) is 9.61 Å². The Labute approximate surface area is 86.5 Å². The van der Waals surface area contributed by atoms with E-state index < -0.39 is 0 Å². The van der Waals surface area contributed by atoms with Gasteiger partial charge in [0.1, 0.15) is 0 Å². The summed E-state index contributed by atoms with van der Waals surface area (Å²) in [4.78, 5) is 0. The Kier molecular flexibility index (Phi) is 2.37. The molecule has 0 heterocycles. The first-order valence-electron chi connectivity index (χ1n) is 4.32. The first kappa shape index (κ1) is 8.51. The highest BCUT2D eigenvalue weighted by Gasteiger charge is 2.17. The minimum atomic E-state index is 0.281. The van der Waals surface area contributed by atoms with E-state index in [0.717, 1.165) is 6.42 Å². The van der Waals surface area contributed by atoms with Crippen LogP contribution in [0.2, 0.25) is 0 Å². The van der Waals surface area contributed by atoms with Crippen molar-refractivity contribution >= 4 is 22.6 Å². The summed E-state index contributed by atoms with van der Waals surface area (Å²) >= 11 is 2.40. The Morgan fingerprint density at radius 2 is 2.25 bits per heavy atom. The summed E-state index contributed by atoms with van der Waals surface area (Å²) in [6.45, 7) is 0. The zero-order chi connectivity index (χ0) is 8.55. The van der Waals surface area contributed by atoms with Gasteiger partial charge in [-0.05, 0) is 59.0 Å². The fourth-order valence-electron chi connectivity index (χ4n) is 1.84. The lowest BCUT2D eigenvalue weighted by molar-refractivity contribution is 0.569. The summed E-state index contributed by atoms with van der Waals surface area (Å²) in [5, 5.41) is 0. The Bertz CT molecular complexity index is 296. The lowest BCUT2D eigenvalue weighted by Crippen LogP contribution is -2.17. The quantitative estimate of drug-likeness (QED) is 0.722. The molecule has 0 aliphatic heterocycles. The molecular weight excluding hydrogens is 261 g/mol. The molecule has 0 saturated heterocycles. The molecule has 2 rings (SSSR count). The second kappa shape index (κ2) is 3.34. The van der Waals surface area contributed by atoms with Crippen LogP contribution in [-0.2, 0) is 6.42 Å². The van der Waals surface area contributed by atoms with E-state index in [2.05, 4.69) is 40.8 Å². The molecule has 0 saturated carbocycles. The average molecular weight is 273 g/mol. The van der Waals surface area contributed by atoms with Gasteiger partial charge < -0.3 is 5.73 Å². The van der Waals surface area contributed by atoms with Gasteiger partial charge >= 0.3 is 0 Å². The number of rotatable bonds is 0. The second-order valence-electron chi connectivity index (χ2n) is 3.31. The molecular formula is C10H12IN. The zero-order valence-electron chi connectivity index (χ0n) is 6.89. The predicted octanol–water partition coefficient (Wildman–Crippen LogP) is 2.63. The summed E-state index contributed by atoms with van der Waals surface area (Å²) in [7, 11) is 0. The summed E-state index contributed by atoms with van der Waals surface area (Å²) < 4.78 is 1.38. The molecule has 1 atom stereocenters. The molecule has 0 unspecified atom stereocenters. The zero-order valence-corrected chi connectivity index (χ0v) is 9.04. The maximum atomic E-state index is 6.01. The summed E-state index contributed by atoms with van der Waals surface area (Å²) in [5.74, 6) is 0. The van der Waals surface area contributed by atoms with Crippen LogP contribution in [0.1, 0.15) is 30.0 Å². The molecule has 1 aromatic rings. The van der Waals surface area contributed by atoms with Gasteiger partial charge in [-0.25, -0.2) is 0 Å². The topological polar surface area (TPSA) is 26.0 Å². The number of halogens is 1. The van der Waals surface area contributed by atoms with Gasteiger partial charge in [0.15, 0.2) is 0 Å². The molecule has 1 aliphatic rings. The molecule has 1 nitrogen and oxygen atoms in total. The van der Waals surface area contributed by atoms with Crippen molar-refractivity contribution in [3.05, 3.63) is 32.9 Å². The van der Waals surface area contributed by atoms with Crippen LogP contribution in [0.25, 0.3) is 0 Å². The predicted molar refractivity (Wildman–Crippen MR) is 59.0 cm³/mol. The third-order valence-electron chi connectivity index (χ3n) is 2.50. The Morgan fingerprint density at radius 3 is 3.00 bits per heavy atom. The van der Waals surface area contributed by atoms with Crippen molar-refractivity contribution in [3.8, 4) is 0 Å². The molecule has 2 N–H and O–H groups in total. The monoisotopic (exact) mass is 273 g/mol. The van der Waals surface area contributed by atoms with Crippen molar-refractivity contribution in [1.82, 2.24) is 0 Å². The van der Waals surface area contributed by atoms with E-state index in [1.54, 1.807) is 0 Å². The van der Waals surface area contributed by atoms with Gasteiger partial charge in [-0.1, -0.05) is 12.1 Å². The highest BCUT2D eigenvalue weighted by molar-refractivity contribution is 14.1. The van der Waals surface area contributed by atoms with Gasteiger partial charge in [0.05, 0.1) is 0 Å². The number of hydrogen-bond donors (Lipinski definition) is 1. The van der Waals surface area contributed by atoms with Crippen molar-refractivity contribution in [2.24, 2.45) is 5.73 Å². The molecule has 0 aromatic heterocycles. The van der Waals surface area contributed by atoms with Crippen LogP contribution in [0.4, 0.5) is 0 Å². The van der Waals surface area contributed by atoms with E-state index in [1.807, 2.05) is 0 Å². The van der Waals surface area contributed by atoms with E-state index in [0.29, 0.717) is 0 Å². The fraction of sp³-hybridized carbons (Fsp3) is 0.400. The molecule has 0 radical (unpaired) electrons. The van der Waals surface area contributed by atoms with E-state index in [-0.39, 0.29) is 6.04 Å². The van der Waals surface area contributed by atoms with Crippen molar-refractivity contribution in [3.63, 3.8) is 0 Å². The van der Waals surface area contributed by atoms with E-state index in [9.17, 15) is 0 Å². The molecule has 1 aliphatic carbocycles. The normalized spacial score (nSPS) is 22.0. The summed E-state index contributed by atoms with van der Waals surface area (Å²) in [6.07, 6.45) is 3.60. The van der Waals surface area contributed by atoms with Gasteiger partial charge in [-0.2, -0.15) is 0 Å². The maximum Gasteiger partial charge on any atom is 0.0298 e. The third-order valence-corrected chi connectivity index (χ3v) is 3.51. The lowest BCUT2D eigenvalue weighted by atomic mass is 9.88. The smallest absolute Gasteiger partial charge is 0.0298 e. The largest absolute Gasteiger partial charge is 0.324 e. The van der Waals surface area contributed by atoms with E-state index in [1.165, 1.54) is 27.5 Å². The number of nitrogens with two attached hydrogens (primary N) is 1. The van der Waals surface area contributed by atoms with Crippen LogP contribution in [0.3, 0.4) is 0 Å². The lowest BCUT2D eigenvalue weighted by Gasteiger charge is -2.22. The second-order valence-corrected chi connectivity index (χ2v) is 4.47.